The Morgan fingerprint density at radius 1 is 1.17 bits per heavy atom. The second-order valence-electron chi connectivity index (χ2n) is 6.53. The first-order valence-electron chi connectivity index (χ1n) is 7.71. The van der Waals surface area contributed by atoms with E-state index < -0.39 is 11.4 Å². The van der Waals surface area contributed by atoms with Crippen LogP contribution in [0.3, 0.4) is 0 Å². The van der Waals surface area contributed by atoms with Crippen molar-refractivity contribution in [2.75, 3.05) is 0 Å². The molecule has 0 radical (unpaired) electrons. The number of aromatic nitrogens is 3. The molecule has 0 spiro atoms. The number of hydrogen-bond acceptors (Lipinski definition) is 4. The normalized spacial score (nSPS) is 13.7. The molecular weight excluding hydrogens is 320 g/mol. The summed E-state index contributed by atoms with van der Waals surface area (Å²) in [5.41, 5.74) is 3.52. The molecule has 0 amide bonds. The van der Waals surface area contributed by atoms with Crippen LogP contribution in [0.1, 0.15) is 26.3 Å². The second-order valence-corrected chi connectivity index (χ2v) is 8.46. The Kier molecular flexibility index (Phi) is 4.43. The topological polar surface area (TPSA) is 66.1 Å². The fourth-order valence-corrected chi connectivity index (χ4v) is 2.90. The van der Waals surface area contributed by atoms with E-state index in [-0.39, 0.29) is 4.75 Å². The molecule has 0 saturated heterocycles. The summed E-state index contributed by atoms with van der Waals surface area (Å²) in [6.45, 7) is 5.72. The number of aryl methyl sites for hydroxylation is 1. The molecule has 2 heterocycles. The molecule has 0 N–H and O–H groups in total. The fourth-order valence-electron chi connectivity index (χ4n) is 2.38. The zero-order chi connectivity index (χ0) is 17.3. The molecule has 124 valence electrons. The van der Waals surface area contributed by atoms with Gasteiger partial charge in [-0.05, 0) is 32.9 Å². The van der Waals surface area contributed by atoms with Crippen molar-refractivity contribution < 1.29 is 4.55 Å². The molecule has 0 fully saturated rings. The smallest absolute Gasteiger partial charge is 0.158 e. The van der Waals surface area contributed by atoms with Crippen molar-refractivity contribution in [2.45, 2.75) is 25.5 Å². The Morgan fingerprint density at radius 3 is 2.67 bits per heavy atom. The summed E-state index contributed by atoms with van der Waals surface area (Å²) in [5.74, 6) is 0. The number of benzene rings is 1. The van der Waals surface area contributed by atoms with E-state index in [0.29, 0.717) is 0 Å². The lowest BCUT2D eigenvalue weighted by Gasteiger charge is -2.17. The number of fused-ring (bicyclic) bond motifs is 1. The highest BCUT2D eigenvalue weighted by molar-refractivity contribution is 7.91. The summed E-state index contributed by atoms with van der Waals surface area (Å²) in [6.07, 6.45) is 3.43. The zero-order valence-electron chi connectivity index (χ0n) is 14.2. The van der Waals surface area contributed by atoms with Crippen molar-refractivity contribution in [3.63, 3.8) is 0 Å². The molecule has 0 bridgehead atoms. The molecule has 0 aliphatic heterocycles. The highest BCUT2D eigenvalue weighted by Crippen LogP contribution is 2.28. The monoisotopic (exact) mass is 340 g/mol. The lowest BCUT2D eigenvalue weighted by atomic mass is 10.0. The third-order valence-corrected chi connectivity index (χ3v) is 4.97. The SMILES string of the molecule is Cn1nc(-c2ccccc2C=N[S+]([O-])C(C)(C)C)c2cccnc21. The summed E-state index contributed by atoms with van der Waals surface area (Å²) in [4.78, 5) is 4.38. The van der Waals surface area contributed by atoms with Gasteiger partial charge in [0, 0.05) is 29.8 Å². The van der Waals surface area contributed by atoms with Crippen LogP contribution in [0.5, 0.6) is 0 Å². The van der Waals surface area contributed by atoms with Crippen LogP contribution in [0.15, 0.2) is 47.0 Å². The van der Waals surface area contributed by atoms with Crippen LogP contribution in [-0.4, -0.2) is 30.3 Å². The molecule has 0 aliphatic carbocycles. The predicted octanol–water partition coefficient (Wildman–Crippen LogP) is 3.52. The van der Waals surface area contributed by atoms with Crippen molar-refractivity contribution in [1.82, 2.24) is 14.8 Å². The van der Waals surface area contributed by atoms with Crippen LogP contribution in [-0.2, 0) is 18.4 Å². The molecule has 0 saturated carbocycles. The Hall–Kier alpha value is -2.18. The minimum atomic E-state index is -1.29. The minimum absolute atomic E-state index is 0.382. The highest BCUT2D eigenvalue weighted by atomic mass is 32.2. The standard InChI is InChI=1S/C18H20N4OS/c1-18(2,3)24(23)20-12-13-8-5-6-9-14(13)16-15-10-7-11-19-17(15)22(4)21-16/h5-12H,1-4H3. The predicted molar refractivity (Wildman–Crippen MR) is 99.4 cm³/mol. The van der Waals surface area contributed by atoms with Gasteiger partial charge >= 0.3 is 0 Å². The molecule has 2 aromatic heterocycles. The quantitative estimate of drug-likeness (QED) is 0.541. The molecular formula is C18H20N4OS. The van der Waals surface area contributed by atoms with Crippen LogP contribution in [0.4, 0.5) is 0 Å². The number of pyridine rings is 1. The van der Waals surface area contributed by atoms with E-state index in [9.17, 15) is 4.55 Å². The summed E-state index contributed by atoms with van der Waals surface area (Å²) >= 11 is -1.29. The van der Waals surface area contributed by atoms with E-state index >= 15 is 0 Å². The largest absolute Gasteiger partial charge is 0.591 e. The van der Waals surface area contributed by atoms with Gasteiger partial charge in [0.25, 0.3) is 0 Å². The van der Waals surface area contributed by atoms with Crippen LogP contribution < -0.4 is 0 Å². The van der Waals surface area contributed by atoms with E-state index in [2.05, 4.69) is 14.5 Å². The van der Waals surface area contributed by atoms with Gasteiger partial charge in [-0.3, -0.25) is 0 Å². The van der Waals surface area contributed by atoms with Crippen LogP contribution in [0.25, 0.3) is 22.3 Å². The molecule has 5 nitrogen and oxygen atoms in total. The van der Waals surface area contributed by atoms with Crippen molar-refractivity contribution in [3.8, 4) is 11.3 Å². The average Bonchev–Trinajstić information content (AvgIpc) is 2.89. The maximum absolute atomic E-state index is 12.2. The van der Waals surface area contributed by atoms with Gasteiger partial charge in [-0.1, -0.05) is 28.7 Å². The lowest BCUT2D eigenvalue weighted by Crippen LogP contribution is -2.25. The molecule has 3 aromatic rings. The third-order valence-electron chi connectivity index (χ3n) is 3.63. The Bertz CT molecular complexity index is 895. The number of rotatable bonds is 3. The van der Waals surface area contributed by atoms with Crippen molar-refractivity contribution >= 4 is 28.6 Å². The van der Waals surface area contributed by atoms with E-state index in [1.165, 1.54) is 0 Å². The van der Waals surface area contributed by atoms with Gasteiger partial charge in [-0.2, -0.15) is 5.10 Å². The molecule has 1 atom stereocenters. The van der Waals surface area contributed by atoms with Gasteiger partial charge in [0.1, 0.15) is 21.8 Å². The highest BCUT2D eigenvalue weighted by Gasteiger charge is 2.26. The van der Waals surface area contributed by atoms with Gasteiger partial charge in [0.2, 0.25) is 0 Å². The van der Waals surface area contributed by atoms with Crippen LogP contribution in [0.2, 0.25) is 0 Å². The first-order valence-corrected chi connectivity index (χ1v) is 8.82. The fraction of sp³-hybridized carbons (Fsp3) is 0.278. The van der Waals surface area contributed by atoms with Gasteiger partial charge in [-0.15, -0.1) is 0 Å². The molecule has 24 heavy (non-hydrogen) atoms. The summed E-state index contributed by atoms with van der Waals surface area (Å²) < 4.78 is 17.8. The Balaban J connectivity index is 2.08. The molecule has 1 aromatic carbocycles. The van der Waals surface area contributed by atoms with E-state index in [1.807, 2.05) is 64.2 Å². The van der Waals surface area contributed by atoms with Gasteiger partial charge in [0.05, 0.1) is 6.21 Å². The zero-order valence-corrected chi connectivity index (χ0v) is 15.0. The molecule has 1 unspecified atom stereocenters. The molecule has 6 heteroatoms. The maximum Gasteiger partial charge on any atom is 0.158 e. The van der Waals surface area contributed by atoms with Gasteiger partial charge in [-0.25, -0.2) is 9.67 Å². The summed E-state index contributed by atoms with van der Waals surface area (Å²) in [6, 6.07) is 11.8. The average molecular weight is 340 g/mol. The van der Waals surface area contributed by atoms with Crippen molar-refractivity contribution in [3.05, 3.63) is 48.2 Å². The summed E-state index contributed by atoms with van der Waals surface area (Å²) in [7, 11) is 1.88. The molecule has 3 rings (SSSR count). The van der Waals surface area contributed by atoms with E-state index in [0.717, 1.165) is 27.9 Å². The Labute approximate surface area is 144 Å². The summed E-state index contributed by atoms with van der Waals surface area (Å²) in [5, 5.41) is 5.60. The number of hydrogen-bond donors (Lipinski definition) is 0. The Morgan fingerprint density at radius 2 is 1.92 bits per heavy atom. The molecule has 0 aliphatic rings. The van der Waals surface area contributed by atoms with Crippen molar-refractivity contribution in [1.29, 1.82) is 0 Å². The first-order chi connectivity index (χ1) is 11.4. The number of nitrogens with zero attached hydrogens (tertiary/aromatic N) is 4. The second kappa shape index (κ2) is 6.37. The van der Waals surface area contributed by atoms with E-state index in [4.69, 9.17) is 0 Å². The third kappa shape index (κ3) is 3.20. The van der Waals surface area contributed by atoms with E-state index in [1.54, 1.807) is 17.1 Å². The lowest BCUT2D eigenvalue weighted by molar-refractivity contribution is 0.562. The first kappa shape index (κ1) is 16.7. The van der Waals surface area contributed by atoms with Crippen LogP contribution >= 0.6 is 0 Å². The maximum atomic E-state index is 12.2. The van der Waals surface area contributed by atoms with Crippen LogP contribution in [0, 0.1) is 0 Å². The van der Waals surface area contributed by atoms with Crippen molar-refractivity contribution in [2.24, 2.45) is 11.4 Å². The van der Waals surface area contributed by atoms with Gasteiger partial charge < -0.3 is 4.55 Å². The minimum Gasteiger partial charge on any atom is -0.591 e. The van der Waals surface area contributed by atoms with Gasteiger partial charge in [0.15, 0.2) is 5.65 Å².